The standard InChI is InChI=1S/C16H14N6O3.C8H10O.C3H8O/c17-9-5-18-14-13(9)20-7-21-15(14)16(24)19-4-8-1-2-11-10(3-8)22-12(23)6-25-11;1-7-4-3-5-8(6-7)9-2;1-3-4-2/h1-3,5,7,18H,4,6,17H2,(H,19,24)(H,22,23);3-6H,1-2H3;3H2,1-2H3. The van der Waals surface area contributed by atoms with Gasteiger partial charge in [0, 0.05) is 26.5 Å². The zero-order chi connectivity index (χ0) is 27.5. The largest absolute Gasteiger partial charge is 0.497 e. The van der Waals surface area contributed by atoms with Gasteiger partial charge in [0.1, 0.15) is 23.3 Å². The number of hydrogen-bond acceptors (Lipinski definition) is 8. The predicted octanol–water partition coefficient (Wildman–Crippen LogP) is 3.46. The highest BCUT2D eigenvalue weighted by atomic mass is 16.5. The molecule has 2 aromatic carbocycles. The molecule has 0 saturated carbocycles. The van der Waals surface area contributed by atoms with E-state index >= 15 is 0 Å². The van der Waals surface area contributed by atoms with Gasteiger partial charge in [-0.25, -0.2) is 9.97 Å². The summed E-state index contributed by atoms with van der Waals surface area (Å²) >= 11 is 0. The fourth-order valence-corrected chi connectivity index (χ4v) is 3.38. The number of methoxy groups -OCH3 is 2. The van der Waals surface area contributed by atoms with E-state index < -0.39 is 0 Å². The van der Waals surface area contributed by atoms with Crippen LogP contribution in [0.5, 0.6) is 11.5 Å². The van der Waals surface area contributed by atoms with E-state index in [9.17, 15) is 9.59 Å². The third-order valence-electron chi connectivity index (χ3n) is 5.35. The number of amides is 2. The highest BCUT2D eigenvalue weighted by Crippen LogP contribution is 2.28. The van der Waals surface area contributed by atoms with Crippen LogP contribution in [0.15, 0.2) is 55.0 Å². The number of carbonyl (C=O) groups is 2. The second kappa shape index (κ2) is 13.6. The molecule has 0 bridgehead atoms. The minimum absolute atomic E-state index is 0.00602. The number of hydrogen-bond donors (Lipinski definition) is 4. The maximum absolute atomic E-state index is 12.4. The summed E-state index contributed by atoms with van der Waals surface area (Å²) in [5.41, 5.74) is 10.1. The lowest BCUT2D eigenvalue weighted by Crippen LogP contribution is -2.26. The van der Waals surface area contributed by atoms with E-state index in [0.717, 1.165) is 17.9 Å². The summed E-state index contributed by atoms with van der Waals surface area (Å²) < 4.78 is 14.8. The van der Waals surface area contributed by atoms with Gasteiger partial charge in [-0.2, -0.15) is 0 Å². The summed E-state index contributed by atoms with van der Waals surface area (Å²) in [7, 11) is 3.36. The van der Waals surface area contributed by atoms with E-state index in [2.05, 4.69) is 30.3 Å². The highest BCUT2D eigenvalue weighted by Gasteiger charge is 2.17. The molecule has 0 aliphatic carbocycles. The lowest BCUT2D eigenvalue weighted by Gasteiger charge is -2.18. The second-order valence-corrected chi connectivity index (χ2v) is 8.14. The number of nitrogens with two attached hydrogens (primary N) is 1. The number of carbonyl (C=O) groups excluding carboxylic acids is 2. The second-order valence-electron chi connectivity index (χ2n) is 8.14. The minimum atomic E-state index is -0.354. The van der Waals surface area contributed by atoms with Gasteiger partial charge in [0.15, 0.2) is 12.3 Å². The monoisotopic (exact) mass is 520 g/mol. The van der Waals surface area contributed by atoms with Crippen LogP contribution in [-0.2, 0) is 16.1 Å². The Morgan fingerprint density at radius 1 is 1.18 bits per heavy atom. The van der Waals surface area contributed by atoms with Crippen molar-refractivity contribution in [3.05, 3.63) is 71.8 Å². The highest BCUT2D eigenvalue weighted by molar-refractivity contribution is 6.05. The van der Waals surface area contributed by atoms with Gasteiger partial charge in [0.25, 0.3) is 11.8 Å². The van der Waals surface area contributed by atoms with Gasteiger partial charge in [-0.15, -0.1) is 0 Å². The molecule has 0 spiro atoms. The van der Waals surface area contributed by atoms with E-state index in [1.165, 1.54) is 11.9 Å². The fourth-order valence-electron chi connectivity index (χ4n) is 3.38. The number of anilines is 2. The van der Waals surface area contributed by atoms with Crippen LogP contribution in [0.2, 0.25) is 0 Å². The first-order valence-corrected chi connectivity index (χ1v) is 11.9. The average Bonchev–Trinajstić information content (AvgIpc) is 3.32. The van der Waals surface area contributed by atoms with Gasteiger partial charge < -0.3 is 35.6 Å². The normalized spacial score (nSPS) is 11.5. The molecule has 2 amide bonds. The Kier molecular flexibility index (Phi) is 10.0. The summed E-state index contributed by atoms with van der Waals surface area (Å²) in [6, 6.07) is 13.3. The van der Waals surface area contributed by atoms with Crippen LogP contribution >= 0.6 is 0 Å². The van der Waals surface area contributed by atoms with Crippen LogP contribution in [0.4, 0.5) is 11.4 Å². The van der Waals surface area contributed by atoms with Gasteiger partial charge in [0.2, 0.25) is 0 Å². The molecule has 38 heavy (non-hydrogen) atoms. The van der Waals surface area contributed by atoms with Gasteiger partial charge in [-0.3, -0.25) is 9.59 Å². The van der Waals surface area contributed by atoms with Crippen molar-refractivity contribution in [3.8, 4) is 11.5 Å². The van der Waals surface area contributed by atoms with Crippen LogP contribution in [0.25, 0.3) is 11.0 Å². The molecule has 4 aromatic rings. The van der Waals surface area contributed by atoms with Gasteiger partial charge in [0.05, 0.1) is 24.0 Å². The van der Waals surface area contributed by atoms with E-state index in [4.69, 9.17) is 15.2 Å². The number of ether oxygens (including phenoxy) is 3. The Hall–Kier alpha value is -4.64. The number of aromatic amines is 1. The summed E-state index contributed by atoms with van der Waals surface area (Å²) in [4.78, 5) is 34.8. The first kappa shape index (κ1) is 27.9. The number of H-pyrrole nitrogens is 1. The number of rotatable bonds is 5. The molecular formula is C27H32N6O5. The summed E-state index contributed by atoms with van der Waals surface area (Å²) in [5.74, 6) is 0.970. The number of benzene rings is 2. The van der Waals surface area contributed by atoms with Crippen molar-refractivity contribution >= 4 is 34.2 Å². The maximum atomic E-state index is 12.4. The third kappa shape index (κ3) is 7.43. The number of aryl methyl sites for hydroxylation is 1. The third-order valence-corrected chi connectivity index (χ3v) is 5.35. The quantitative estimate of drug-likeness (QED) is 0.312. The molecule has 0 saturated heterocycles. The lowest BCUT2D eigenvalue weighted by atomic mass is 10.1. The van der Waals surface area contributed by atoms with Crippen LogP contribution in [0.1, 0.15) is 28.5 Å². The number of nitrogens with zero attached hydrogens (tertiary/aromatic N) is 2. The number of fused-ring (bicyclic) bond motifs is 2. The molecule has 5 N–H and O–H groups in total. The Labute approximate surface area is 220 Å². The molecule has 11 nitrogen and oxygen atoms in total. The van der Waals surface area contributed by atoms with Crippen LogP contribution in [-0.4, -0.2) is 54.2 Å². The molecule has 5 rings (SSSR count). The summed E-state index contributed by atoms with van der Waals surface area (Å²) in [6.45, 7) is 5.10. The Morgan fingerprint density at radius 2 is 1.97 bits per heavy atom. The zero-order valence-corrected chi connectivity index (χ0v) is 21.8. The molecule has 200 valence electrons. The average molecular weight is 521 g/mol. The van der Waals surface area contributed by atoms with Crippen molar-refractivity contribution in [2.45, 2.75) is 20.4 Å². The topological polar surface area (TPSA) is 153 Å². The SMILES string of the molecule is CCOC.COc1cccc(C)c1.Nc1c[nH]c2c(C(=O)NCc3ccc4c(c3)NC(=O)CO4)ncnc12. The summed E-state index contributed by atoms with van der Waals surface area (Å²) in [6.07, 6.45) is 2.87. The Balaban J connectivity index is 0.000000255. The van der Waals surface area contributed by atoms with Crippen LogP contribution in [0, 0.1) is 6.92 Å². The number of aromatic nitrogens is 3. The maximum Gasteiger partial charge on any atom is 0.272 e. The van der Waals surface area contributed by atoms with E-state index in [-0.39, 0.29) is 30.7 Å². The summed E-state index contributed by atoms with van der Waals surface area (Å²) in [5, 5.41) is 5.52. The number of nitrogens with one attached hydrogen (secondary N) is 3. The van der Waals surface area contributed by atoms with Crippen molar-refractivity contribution in [1.82, 2.24) is 20.3 Å². The molecule has 0 radical (unpaired) electrons. The molecule has 2 aromatic heterocycles. The predicted molar refractivity (Wildman–Crippen MR) is 145 cm³/mol. The van der Waals surface area contributed by atoms with E-state index in [1.54, 1.807) is 32.5 Å². The van der Waals surface area contributed by atoms with Crippen molar-refractivity contribution < 1.29 is 23.8 Å². The molecule has 1 aliphatic heterocycles. The lowest BCUT2D eigenvalue weighted by molar-refractivity contribution is -0.118. The van der Waals surface area contributed by atoms with Crippen molar-refractivity contribution in [2.24, 2.45) is 0 Å². The molecule has 1 aliphatic rings. The van der Waals surface area contributed by atoms with Crippen molar-refractivity contribution in [1.29, 1.82) is 0 Å². The Morgan fingerprint density at radius 3 is 2.66 bits per heavy atom. The van der Waals surface area contributed by atoms with E-state index in [1.807, 2.05) is 44.2 Å². The molecule has 0 unspecified atom stereocenters. The van der Waals surface area contributed by atoms with Crippen molar-refractivity contribution in [2.75, 3.05) is 38.5 Å². The first-order chi connectivity index (χ1) is 18.4. The van der Waals surface area contributed by atoms with Crippen LogP contribution in [0.3, 0.4) is 0 Å². The van der Waals surface area contributed by atoms with Gasteiger partial charge in [-0.1, -0.05) is 18.2 Å². The molecule has 0 atom stereocenters. The van der Waals surface area contributed by atoms with Gasteiger partial charge >= 0.3 is 0 Å². The first-order valence-electron chi connectivity index (χ1n) is 11.9. The molecular weight excluding hydrogens is 488 g/mol. The molecule has 0 fully saturated rings. The number of nitrogen functional groups attached to an aromatic ring is 1. The van der Waals surface area contributed by atoms with Crippen molar-refractivity contribution in [3.63, 3.8) is 0 Å². The van der Waals surface area contributed by atoms with Crippen LogP contribution < -0.4 is 25.8 Å². The van der Waals surface area contributed by atoms with E-state index in [0.29, 0.717) is 28.2 Å². The van der Waals surface area contributed by atoms with Gasteiger partial charge in [-0.05, 0) is 49.2 Å². The zero-order valence-electron chi connectivity index (χ0n) is 21.8. The smallest absolute Gasteiger partial charge is 0.272 e. The Bertz CT molecular complexity index is 1390. The molecule has 3 heterocycles. The minimum Gasteiger partial charge on any atom is -0.497 e. The molecule has 11 heteroatoms. The fraction of sp³-hybridized carbons (Fsp3) is 0.259.